The minimum atomic E-state index is 0.703. The topological polar surface area (TPSA) is 15.3 Å². The lowest BCUT2D eigenvalue weighted by molar-refractivity contribution is 0.0541. The molecule has 0 aromatic heterocycles. The monoisotopic (exact) mass is 280 g/mol. The Balaban J connectivity index is 1.98. The molecule has 0 saturated heterocycles. The molecule has 3 unspecified atom stereocenters. The van der Waals surface area contributed by atoms with E-state index in [1.807, 2.05) is 0 Å². The first-order valence-corrected chi connectivity index (χ1v) is 8.92. The number of nitrogens with zero attached hydrogens (tertiary/aromatic N) is 1. The Morgan fingerprint density at radius 1 is 1.00 bits per heavy atom. The molecule has 0 heterocycles. The number of rotatable bonds is 4. The van der Waals surface area contributed by atoms with E-state index in [1.54, 1.807) is 0 Å². The molecule has 2 rings (SSSR count). The predicted molar refractivity (Wildman–Crippen MR) is 88.0 cm³/mol. The average Bonchev–Trinajstić information content (AvgIpc) is 2.46. The van der Waals surface area contributed by atoms with Gasteiger partial charge in [-0.1, -0.05) is 20.8 Å². The highest BCUT2D eigenvalue weighted by Gasteiger charge is 2.36. The second-order valence-electron chi connectivity index (χ2n) is 7.86. The van der Waals surface area contributed by atoms with Gasteiger partial charge in [-0.15, -0.1) is 0 Å². The van der Waals surface area contributed by atoms with Crippen molar-refractivity contribution in [2.75, 3.05) is 14.1 Å². The van der Waals surface area contributed by atoms with Crippen molar-refractivity contribution in [2.24, 2.45) is 17.8 Å². The van der Waals surface area contributed by atoms with Gasteiger partial charge in [-0.2, -0.15) is 0 Å². The summed E-state index contributed by atoms with van der Waals surface area (Å²) in [6, 6.07) is 2.28. The molecule has 0 amide bonds. The Kier molecular flexibility index (Phi) is 5.92. The van der Waals surface area contributed by atoms with Crippen molar-refractivity contribution in [1.29, 1.82) is 0 Å². The fraction of sp³-hybridized carbons (Fsp3) is 1.00. The van der Waals surface area contributed by atoms with Gasteiger partial charge in [0.2, 0.25) is 0 Å². The van der Waals surface area contributed by atoms with Gasteiger partial charge in [0.25, 0.3) is 0 Å². The van der Waals surface area contributed by atoms with Crippen molar-refractivity contribution < 1.29 is 0 Å². The first kappa shape index (κ1) is 16.3. The molecule has 20 heavy (non-hydrogen) atoms. The summed E-state index contributed by atoms with van der Waals surface area (Å²) in [7, 11) is 4.56. The fourth-order valence-electron chi connectivity index (χ4n) is 4.49. The molecular weight excluding hydrogens is 244 g/mol. The van der Waals surface area contributed by atoms with Gasteiger partial charge in [-0.25, -0.2) is 0 Å². The molecule has 0 bridgehead atoms. The van der Waals surface area contributed by atoms with Gasteiger partial charge in [0.15, 0.2) is 0 Å². The average molecular weight is 281 g/mol. The summed E-state index contributed by atoms with van der Waals surface area (Å²) in [4.78, 5) is 2.75. The zero-order chi connectivity index (χ0) is 14.7. The van der Waals surface area contributed by atoms with Crippen LogP contribution in [0.25, 0.3) is 0 Å². The molecule has 0 aromatic carbocycles. The van der Waals surface area contributed by atoms with Gasteiger partial charge in [0.1, 0.15) is 0 Å². The maximum atomic E-state index is 3.60. The largest absolute Gasteiger partial charge is 0.315 e. The predicted octanol–water partition coefficient (Wildman–Crippen LogP) is 3.91. The van der Waals surface area contributed by atoms with Crippen molar-refractivity contribution in [1.82, 2.24) is 10.2 Å². The quantitative estimate of drug-likeness (QED) is 0.840. The molecule has 3 atom stereocenters. The second-order valence-corrected chi connectivity index (χ2v) is 7.86. The smallest absolute Gasteiger partial charge is 0.0251 e. The molecule has 0 radical (unpaired) electrons. The Bertz CT molecular complexity index is 281. The van der Waals surface area contributed by atoms with E-state index in [1.165, 1.54) is 44.9 Å². The summed E-state index contributed by atoms with van der Waals surface area (Å²) in [5.41, 5.74) is 0. The van der Waals surface area contributed by atoms with Gasteiger partial charge in [0.05, 0.1) is 0 Å². The van der Waals surface area contributed by atoms with E-state index >= 15 is 0 Å². The van der Waals surface area contributed by atoms with E-state index in [0.29, 0.717) is 6.04 Å². The summed E-state index contributed by atoms with van der Waals surface area (Å²) in [5, 5.41) is 3.60. The van der Waals surface area contributed by atoms with E-state index < -0.39 is 0 Å². The number of hydrogen-bond donors (Lipinski definition) is 1. The van der Waals surface area contributed by atoms with Crippen molar-refractivity contribution >= 4 is 0 Å². The van der Waals surface area contributed by atoms with Gasteiger partial charge in [-0.3, -0.25) is 4.90 Å². The fourth-order valence-corrected chi connectivity index (χ4v) is 4.49. The standard InChI is InChI=1S/C18H36N2/c1-13(2)15-8-11-17(19-4)18(12-15)20(5)16-9-6-14(3)7-10-16/h13-19H,6-12H2,1-5H3. The number of hydrogen-bond acceptors (Lipinski definition) is 2. The van der Waals surface area contributed by atoms with Gasteiger partial charge in [0, 0.05) is 18.1 Å². The summed E-state index contributed by atoms with van der Waals surface area (Å²) in [6.45, 7) is 7.23. The lowest BCUT2D eigenvalue weighted by Gasteiger charge is -2.46. The van der Waals surface area contributed by atoms with Crippen molar-refractivity contribution in [3.63, 3.8) is 0 Å². The van der Waals surface area contributed by atoms with Gasteiger partial charge in [-0.05, 0) is 76.8 Å². The molecule has 2 heteroatoms. The van der Waals surface area contributed by atoms with Crippen LogP contribution in [0.5, 0.6) is 0 Å². The van der Waals surface area contributed by atoms with E-state index in [2.05, 4.69) is 45.1 Å². The van der Waals surface area contributed by atoms with Crippen LogP contribution in [0.3, 0.4) is 0 Å². The third kappa shape index (κ3) is 3.76. The molecule has 2 aliphatic carbocycles. The Morgan fingerprint density at radius 3 is 2.20 bits per heavy atom. The minimum absolute atomic E-state index is 0.703. The Hall–Kier alpha value is -0.0800. The van der Waals surface area contributed by atoms with Crippen LogP contribution in [0.2, 0.25) is 0 Å². The third-order valence-corrected chi connectivity index (χ3v) is 6.26. The van der Waals surface area contributed by atoms with Gasteiger partial charge >= 0.3 is 0 Å². The van der Waals surface area contributed by atoms with Crippen molar-refractivity contribution in [2.45, 2.75) is 83.8 Å². The lowest BCUT2D eigenvalue weighted by atomic mass is 9.75. The first-order chi connectivity index (χ1) is 9.52. The van der Waals surface area contributed by atoms with Crippen molar-refractivity contribution in [3.8, 4) is 0 Å². The highest BCUT2D eigenvalue weighted by atomic mass is 15.2. The maximum Gasteiger partial charge on any atom is 0.0251 e. The molecule has 2 aliphatic rings. The maximum absolute atomic E-state index is 3.60. The highest BCUT2D eigenvalue weighted by molar-refractivity contribution is 4.93. The molecule has 118 valence electrons. The molecule has 1 N–H and O–H groups in total. The lowest BCUT2D eigenvalue weighted by Crippen LogP contribution is -2.55. The summed E-state index contributed by atoms with van der Waals surface area (Å²) < 4.78 is 0. The van der Waals surface area contributed by atoms with Crippen LogP contribution in [0.1, 0.15) is 65.7 Å². The van der Waals surface area contributed by atoms with E-state index in [4.69, 9.17) is 0 Å². The molecule has 2 fully saturated rings. The molecule has 0 spiro atoms. The highest BCUT2D eigenvalue weighted by Crippen LogP contribution is 2.35. The summed E-state index contributed by atoms with van der Waals surface area (Å²) in [6.07, 6.45) is 9.85. The van der Waals surface area contributed by atoms with Gasteiger partial charge < -0.3 is 5.32 Å². The zero-order valence-electron chi connectivity index (χ0n) is 14.4. The second kappa shape index (κ2) is 7.26. The first-order valence-electron chi connectivity index (χ1n) is 8.92. The summed E-state index contributed by atoms with van der Waals surface area (Å²) in [5.74, 6) is 2.72. The van der Waals surface area contributed by atoms with Crippen LogP contribution < -0.4 is 5.32 Å². The normalized spacial score (nSPS) is 39.5. The molecule has 0 aliphatic heterocycles. The Morgan fingerprint density at radius 2 is 1.65 bits per heavy atom. The third-order valence-electron chi connectivity index (χ3n) is 6.26. The zero-order valence-corrected chi connectivity index (χ0v) is 14.4. The Labute approximate surface area is 126 Å². The van der Waals surface area contributed by atoms with E-state index in [-0.39, 0.29) is 0 Å². The minimum Gasteiger partial charge on any atom is -0.315 e. The van der Waals surface area contributed by atoms with Crippen LogP contribution in [0.4, 0.5) is 0 Å². The van der Waals surface area contributed by atoms with Crippen LogP contribution >= 0.6 is 0 Å². The van der Waals surface area contributed by atoms with Crippen LogP contribution in [0.15, 0.2) is 0 Å². The molecule has 0 aromatic rings. The summed E-state index contributed by atoms with van der Waals surface area (Å²) >= 11 is 0. The molecule has 2 saturated carbocycles. The van der Waals surface area contributed by atoms with Crippen LogP contribution in [-0.4, -0.2) is 37.1 Å². The van der Waals surface area contributed by atoms with Crippen LogP contribution in [0, 0.1) is 17.8 Å². The number of nitrogens with one attached hydrogen (secondary N) is 1. The molecule has 2 nitrogen and oxygen atoms in total. The van der Waals surface area contributed by atoms with E-state index in [0.717, 1.165) is 29.8 Å². The number of likely N-dealkylation sites (N-methyl/N-ethyl adjacent to an activating group) is 2. The van der Waals surface area contributed by atoms with E-state index in [9.17, 15) is 0 Å². The molecular formula is C18H36N2. The van der Waals surface area contributed by atoms with Crippen LogP contribution in [-0.2, 0) is 0 Å². The van der Waals surface area contributed by atoms with Crippen molar-refractivity contribution in [3.05, 3.63) is 0 Å². The SMILES string of the molecule is CNC1CCC(C(C)C)CC1N(C)C1CCC(C)CC1.